The van der Waals surface area contributed by atoms with Crippen LogP contribution in [-0.4, -0.2) is 4.98 Å². The Balaban J connectivity index is 3.17. The fourth-order valence-corrected chi connectivity index (χ4v) is 0.760. The molecule has 0 unspecified atom stereocenters. The molecule has 48 valence electrons. The Morgan fingerprint density at radius 2 is 2.22 bits per heavy atom. The van der Waals surface area contributed by atoms with Crippen LogP contribution in [0.4, 0.5) is 4.39 Å². The standard InChI is InChI=1S/C5H2BrClFN/c6-3-1-2-4(8)9-5(3)7/h1-2H. The van der Waals surface area contributed by atoms with E-state index in [4.69, 9.17) is 11.6 Å². The molecule has 0 radical (unpaired) electrons. The van der Waals surface area contributed by atoms with Gasteiger partial charge in [0.25, 0.3) is 0 Å². The van der Waals surface area contributed by atoms with E-state index in [0.29, 0.717) is 4.47 Å². The van der Waals surface area contributed by atoms with Gasteiger partial charge in [-0.05, 0) is 28.1 Å². The van der Waals surface area contributed by atoms with Crippen molar-refractivity contribution in [1.82, 2.24) is 4.98 Å². The molecular formula is C5H2BrClFN. The Morgan fingerprint density at radius 1 is 1.56 bits per heavy atom. The van der Waals surface area contributed by atoms with E-state index in [1.807, 2.05) is 0 Å². The topological polar surface area (TPSA) is 12.9 Å². The van der Waals surface area contributed by atoms with Crippen LogP contribution in [0.1, 0.15) is 0 Å². The average Bonchev–Trinajstić information content (AvgIpc) is 1.80. The summed E-state index contributed by atoms with van der Waals surface area (Å²) in [5.74, 6) is -0.566. The van der Waals surface area contributed by atoms with Crippen molar-refractivity contribution in [1.29, 1.82) is 0 Å². The second-order valence-electron chi connectivity index (χ2n) is 1.41. The van der Waals surface area contributed by atoms with Crippen molar-refractivity contribution in [3.63, 3.8) is 0 Å². The number of nitrogens with zero attached hydrogens (tertiary/aromatic N) is 1. The van der Waals surface area contributed by atoms with Crippen LogP contribution >= 0.6 is 27.5 Å². The van der Waals surface area contributed by atoms with Crippen molar-refractivity contribution in [2.75, 3.05) is 0 Å². The molecule has 0 saturated carbocycles. The molecule has 0 spiro atoms. The van der Waals surface area contributed by atoms with Crippen molar-refractivity contribution >= 4 is 27.5 Å². The van der Waals surface area contributed by atoms with Gasteiger partial charge in [0.15, 0.2) is 0 Å². The summed E-state index contributed by atoms with van der Waals surface area (Å²) in [4.78, 5) is 3.33. The summed E-state index contributed by atoms with van der Waals surface area (Å²) >= 11 is 8.48. The molecule has 0 amide bonds. The van der Waals surface area contributed by atoms with Gasteiger partial charge in [-0.2, -0.15) is 4.39 Å². The summed E-state index contributed by atoms with van der Waals surface area (Å²) in [7, 11) is 0. The van der Waals surface area contributed by atoms with E-state index in [1.54, 1.807) is 0 Å². The van der Waals surface area contributed by atoms with Crippen molar-refractivity contribution < 1.29 is 4.39 Å². The molecule has 0 fully saturated rings. The van der Waals surface area contributed by atoms with Gasteiger partial charge in [0.2, 0.25) is 5.95 Å². The Morgan fingerprint density at radius 3 is 2.67 bits per heavy atom. The maximum absolute atomic E-state index is 12.1. The van der Waals surface area contributed by atoms with Crippen LogP contribution in [0.5, 0.6) is 0 Å². The van der Waals surface area contributed by atoms with Gasteiger partial charge in [-0.15, -0.1) is 0 Å². The maximum atomic E-state index is 12.1. The van der Waals surface area contributed by atoms with E-state index in [1.165, 1.54) is 12.1 Å². The third kappa shape index (κ3) is 1.63. The van der Waals surface area contributed by atoms with Gasteiger partial charge in [-0.25, -0.2) is 4.98 Å². The van der Waals surface area contributed by atoms with Crippen LogP contribution in [0.25, 0.3) is 0 Å². The molecule has 1 aromatic rings. The first-order valence-corrected chi connectivity index (χ1v) is 3.35. The van der Waals surface area contributed by atoms with Gasteiger partial charge < -0.3 is 0 Å². The minimum absolute atomic E-state index is 0.148. The summed E-state index contributed by atoms with van der Waals surface area (Å²) in [6.07, 6.45) is 0. The van der Waals surface area contributed by atoms with Crippen molar-refractivity contribution in [3.8, 4) is 0 Å². The predicted octanol–water partition coefficient (Wildman–Crippen LogP) is 2.64. The van der Waals surface area contributed by atoms with Crippen LogP contribution in [-0.2, 0) is 0 Å². The average molecular weight is 210 g/mol. The zero-order valence-corrected chi connectivity index (χ0v) is 6.58. The van der Waals surface area contributed by atoms with Gasteiger partial charge in [-0.3, -0.25) is 0 Å². The van der Waals surface area contributed by atoms with E-state index in [2.05, 4.69) is 20.9 Å². The highest BCUT2D eigenvalue weighted by Crippen LogP contribution is 2.18. The summed E-state index contributed by atoms with van der Waals surface area (Å²) in [6.45, 7) is 0. The highest BCUT2D eigenvalue weighted by molar-refractivity contribution is 9.10. The van der Waals surface area contributed by atoms with Crippen LogP contribution in [0.2, 0.25) is 5.15 Å². The van der Waals surface area contributed by atoms with E-state index in [9.17, 15) is 4.39 Å². The number of aromatic nitrogens is 1. The Labute approximate surface area is 65.0 Å². The van der Waals surface area contributed by atoms with Gasteiger partial charge in [-0.1, -0.05) is 11.6 Å². The van der Waals surface area contributed by atoms with Crippen LogP contribution in [0.3, 0.4) is 0 Å². The first-order valence-electron chi connectivity index (χ1n) is 2.17. The smallest absolute Gasteiger partial charge is 0.207 e. The lowest BCUT2D eigenvalue weighted by Gasteiger charge is -1.91. The molecule has 1 heterocycles. The van der Waals surface area contributed by atoms with Crippen molar-refractivity contribution in [2.45, 2.75) is 0 Å². The quantitative estimate of drug-likeness (QED) is 0.600. The fraction of sp³-hybridized carbons (Fsp3) is 0. The lowest BCUT2D eigenvalue weighted by atomic mass is 10.5. The summed E-state index contributed by atoms with van der Waals surface area (Å²) in [5.41, 5.74) is 0. The van der Waals surface area contributed by atoms with Gasteiger partial charge in [0.05, 0.1) is 4.47 Å². The van der Waals surface area contributed by atoms with Crippen molar-refractivity contribution in [2.24, 2.45) is 0 Å². The van der Waals surface area contributed by atoms with E-state index < -0.39 is 5.95 Å². The molecule has 1 nitrogen and oxygen atoms in total. The SMILES string of the molecule is Fc1ccc(Br)c(Cl)n1. The summed E-state index contributed by atoms with van der Waals surface area (Å²) in [5, 5.41) is 0.148. The molecule has 0 atom stereocenters. The van der Waals surface area contributed by atoms with Crippen molar-refractivity contribution in [3.05, 3.63) is 27.7 Å². The maximum Gasteiger partial charge on any atom is 0.214 e. The largest absolute Gasteiger partial charge is 0.214 e. The first kappa shape index (κ1) is 6.96. The number of halogens is 3. The van der Waals surface area contributed by atoms with Crippen LogP contribution in [0, 0.1) is 5.95 Å². The van der Waals surface area contributed by atoms with Gasteiger partial charge in [0.1, 0.15) is 5.15 Å². The second-order valence-corrected chi connectivity index (χ2v) is 2.62. The molecule has 0 saturated heterocycles. The van der Waals surface area contributed by atoms with E-state index in [0.717, 1.165) is 0 Å². The molecule has 0 N–H and O–H groups in total. The highest BCUT2D eigenvalue weighted by Gasteiger charge is 1.97. The summed E-state index contributed by atoms with van der Waals surface area (Å²) in [6, 6.07) is 2.74. The number of hydrogen-bond donors (Lipinski definition) is 0. The third-order valence-corrected chi connectivity index (χ3v) is 1.93. The molecule has 0 aliphatic rings. The number of hydrogen-bond acceptors (Lipinski definition) is 1. The molecule has 1 rings (SSSR count). The van der Waals surface area contributed by atoms with Gasteiger partial charge in [0, 0.05) is 0 Å². The molecule has 0 aliphatic carbocycles. The molecular weight excluding hydrogens is 208 g/mol. The Hall–Kier alpha value is -0.150. The first-order chi connectivity index (χ1) is 4.20. The minimum Gasteiger partial charge on any atom is -0.207 e. The normalized spacial score (nSPS) is 9.67. The lowest BCUT2D eigenvalue weighted by molar-refractivity contribution is 0.583. The molecule has 0 aliphatic heterocycles. The zero-order chi connectivity index (χ0) is 6.85. The Bertz CT molecular complexity index is 228. The molecule has 0 bridgehead atoms. The molecule has 9 heavy (non-hydrogen) atoms. The van der Waals surface area contributed by atoms with Gasteiger partial charge >= 0.3 is 0 Å². The number of rotatable bonds is 0. The highest BCUT2D eigenvalue weighted by atomic mass is 79.9. The minimum atomic E-state index is -0.566. The lowest BCUT2D eigenvalue weighted by Crippen LogP contribution is -1.81. The van der Waals surface area contributed by atoms with Crippen LogP contribution < -0.4 is 0 Å². The monoisotopic (exact) mass is 209 g/mol. The summed E-state index contributed by atoms with van der Waals surface area (Å²) < 4.78 is 12.7. The number of pyridine rings is 1. The molecule has 1 aromatic heterocycles. The zero-order valence-electron chi connectivity index (χ0n) is 4.24. The van der Waals surface area contributed by atoms with Crippen LogP contribution in [0.15, 0.2) is 16.6 Å². The predicted molar refractivity (Wildman–Crippen MR) is 36.9 cm³/mol. The third-order valence-electron chi connectivity index (χ3n) is 0.769. The molecule has 0 aromatic carbocycles. The molecule has 4 heteroatoms. The fourth-order valence-electron chi connectivity index (χ4n) is 0.395. The second kappa shape index (κ2) is 2.62. The van der Waals surface area contributed by atoms with E-state index >= 15 is 0 Å². The Kier molecular flexibility index (Phi) is 2.03. The van der Waals surface area contributed by atoms with E-state index in [-0.39, 0.29) is 5.15 Å².